The molecule has 5 aliphatic rings. The van der Waals surface area contributed by atoms with Crippen LogP contribution in [-0.4, -0.2) is 77.4 Å². The van der Waals surface area contributed by atoms with Gasteiger partial charge in [0.2, 0.25) is 11.8 Å². The zero-order chi connectivity index (χ0) is 31.7. The first-order valence-electron chi connectivity index (χ1n) is 15.8. The molecule has 2 aliphatic heterocycles. The molecule has 14 heteroatoms. The standard InChI is InChI=1S/C29H49BN6O7/c1-17(2)13-25(30-42-24-16-20-15-23(28(20,4)5)29(24,6)43-30)33-26(39)19(9-7-11-32-27(31)34-36(40)41)14-22(38)21-10-8-12-35(21)18(3)37/h17,19-21,23-25H,7-16H2,1-6H3,(H,33,39)(H3,31,32,34)/t19-,20-,21-,23-,24-,25+,29+/m1/s1. The lowest BCUT2D eigenvalue weighted by atomic mass is 9.43. The molecule has 0 unspecified atom stereocenters. The molecule has 0 aromatic rings. The van der Waals surface area contributed by atoms with Crippen LogP contribution in [0.15, 0.2) is 4.99 Å². The number of aliphatic imine (C=N–C) groups is 1. The summed E-state index contributed by atoms with van der Waals surface area (Å²) in [6, 6.07) is -0.531. The number of ketones is 1. The molecule has 0 spiro atoms. The second-order valence-electron chi connectivity index (χ2n) is 14.1. The van der Waals surface area contributed by atoms with Crippen LogP contribution in [0, 0.1) is 39.2 Å². The maximum atomic E-state index is 13.9. The van der Waals surface area contributed by atoms with Gasteiger partial charge in [-0.2, -0.15) is 0 Å². The Balaban J connectivity index is 1.47. The number of hydrogen-bond donors (Lipinski definition) is 3. The highest BCUT2D eigenvalue weighted by molar-refractivity contribution is 6.47. The fourth-order valence-electron chi connectivity index (χ4n) is 7.97. The fourth-order valence-corrected chi connectivity index (χ4v) is 7.97. The Morgan fingerprint density at radius 3 is 2.58 bits per heavy atom. The van der Waals surface area contributed by atoms with Gasteiger partial charge in [0, 0.05) is 32.4 Å². The van der Waals surface area contributed by atoms with Crippen LogP contribution in [0.1, 0.15) is 92.9 Å². The normalized spacial score (nSPS) is 30.8. The van der Waals surface area contributed by atoms with Crippen LogP contribution in [0.2, 0.25) is 0 Å². The Morgan fingerprint density at radius 1 is 1.23 bits per heavy atom. The van der Waals surface area contributed by atoms with Crippen molar-refractivity contribution in [3.05, 3.63) is 10.1 Å². The van der Waals surface area contributed by atoms with Crippen molar-refractivity contribution in [1.82, 2.24) is 15.6 Å². The number of rotatable bonds is 13. The van der Waals surface area contributed by atoms with Crippen LogP contribution >= 0.6 is 0 Å². The minimum Gasteiger partial charge on any atom is -0.404 e. The second kappa shape index (κ2) is 13.1. The molecule has 0 aromatic heterocycles. The number of hydrogen-bond acceptors (Lipinski definition) is 8. The number of carbonyl (C=O) groups excluding carboxylic acids is 3. The Hall–Kier alpha value is -2.74. The number of nitrogens with two attached hydrogens (primary N) is 1. The summed E-state index contributed by atoms with van der Waals surface area (Å²) in [5.41, 5.74) is 7.11. The van der Waals surface area contributed by atoms with E-state index in [0.29, 0.717) is 44.1 Å². The molecule has 4 N–H and O–H groups in total. The molecule has 3 aliphatic carbocycles. The number of likely N-dealkylation sites (tertiary alicyclic amines) is 1. The third-order valence-corrected chi connectivity index (χ3v) is 10.4. The average Bonchev–Trinajstić information content (AvgIpc) is 3.53. The number of guanidine groups is 1. The van der Waals surface area contributed by atoms with Crippen molar-refractivity contribution in [3.8, 4) is 0 Å². The molecule has 2 saturated heterocycles. The molecule has 0 aromatic carbocycles. The molecule has 5 rings (SSSR count). The summed E-state index contributed by atoms with van der Waals surface area (Å²) in [7, 11) is -0.589. The summed E-state index contributed by atoms with van der Waals surface area (Å²) >= 11 is 0. The van der Waals surface area contributed by atoms with Gasteiger partial charge in [0.15, 0.2) is 10.8 Å². The molecule has 7 atom stereocenters. The summed E-state index contributed by atoms with van der Waals surface area (Å²) < 4.78 is 13.2. The van der Waals surface area contributed by atoms with E-state index >= 15 is 0 Å². The van der Waals surface area contributed by atoms with Gasteiger partial charge in [0.25, 0.3) is 5.96 Å². The summed E-state index contributed by atoms with van der Waals surface area (Å²) in [5, 5.41) is 13.0. The third-order valence-electron chi connectivity index (χ3n) is 10.4. The average molecular weight is 605 g/mol. The minimum atomic E-state index is -0.793. The molecule has 43 heavy (non-hydrogen) atoms. The van der Waals surface area contributed by atoms with Crippen LogP contribution in [0.25, 0.3) is 0 Å². The van der Waals surface area contributed by atoms with E-state index in [1.807, 2.05) is 0 Å². The number of nitrogens with zero attached hydrogens (tertiary/aromatic N) is 3. The minimum absolute atomic E-state index is 0.0192. The molecule has 13 nitrogen and oxygen atoms in total. The van der Waals surface area contributed by atoms with Crippen molar-refractivity contribution < 1.29 is 28.7 Å². The Bertz CT molecular complexity index is 1120. The first-order chi connectivity index (χ1) is 20.1. The van der Waals surface area contributed by atoms with E-state index in [9.17, 15) is 24.5 Å². The SMILES string of the molecule is CC(=O)N1CCC[C@@H]1C(=O)C[C@@H](CCCN=C(N)N[N+](=O)[O-])C(=O)N[C@@H](CC(C)C)B1O[C@@H]2C[C@H]3C[C@H](C3(C)C)[C@]2(C)O1. The quantitative estimate of drug-likeness (QED) is 0.0710. The van der Waals surface area contributed by atoms with Gasteiger partial charge in [0.1, 0.15) is 0 Å². The van der Waals surface area contributed by atoms with E-state index in [4.69, 9.17) is 15.0 Å². The molecular formula is C29H49BN6O7. The van der Waals surface area contributed by atoms with Crippen molar-refractivity contribution >= 4 is 30.7 Å². The van der Waals surface area contributed by atoms with E-state index in [-0.39, 0.29) is 54.0 Å². The summed E-state index contributed by atoms with van der Waals surface area (Å²) in [6.07, 6.45) is 4.71. The van der Waals surface area contributed by atoms with Gasteiger partial charge >= 0.3 is 7.12 Å². The molecular weight excluding hydrogens is 555 g/mol. The highest BCUT2D eigenvalue weighted by Gasteiger charge is 2.68. The number of amides is 2. The lowest BCUT2D eigenvalue weighted by molar-refractivity contribution is -0.525. The van der Waals surface area contributed by atoms with Gasteiger partial charge in [-0.1, -0.05) is 33.1 Å². The van der Waals surface area contributed by atoms with E-state index in [1.54, 1.807) is 10.3 Å². The third kappa shape index (κ3) is 7.16. The van der Waals surface area contributed by atoms with Crippen LogP contribution in [0.3, 0.4) is 0 Å². The van der Waals surface area contributed by atoms with Gasteiger partial charge in [-0.25, -0.2) is 15.1 Å². The van der Waals surface area contributed by atoms with Gasteiger partial charge < -0.3 is 25.3 Å². The van der Waals surface area contributed by atoms with E-state index in [0.717, 1.165) is 19.3 Å². The molecule has 0 radical (unpaired) electrons. The molecule has 240 valence electrons. The second-order valence-corrected chi connectivity index (χ2v) is 14.1. The molecule has 5 fully saturated rings. The predicted octanol–water partition coefficient (Wildman–Crippen LogP) is 2.25. The number of Topliss-reactive ketones (excluding diaryl/α,β-unsaturated/α-hetero) is 1. The van der Waals surface area contributed by atoms with Gasteiger partial charge in [-0.15, -0.1) is 0 Å². The number of nitro groups is 1. The molecule has 2 amide bonds. The Morgan fingerprint density at radius 2 is 1.95 bits per heavy atom. The van der Waals surface area contributed by atoms with Gasteiger partial charge in [-0.3, -0.25) is 14.4 Å². The zero-order valence-corrected chi connectivity index (χ0v) is 26.5. The molecule has 2 bridgehead atoms. The topological polar surface area (TPSA) is 178 Å². The van der Waals surface area contributed by atoms with Crippen LogP contribution < -0.4 is 16.5 Å². The maximum Gasteiger partial charge on any atom is 0.481 e. The molecule has 3 saturated carbocycles. The van der Waals surface area contributed by atoms with Crippen LogP contribution in [0.4, 0.5) is 0 Å². The van der Waals surface area contributed by atoms with Crippen molar-refractivity contribution in [3.63, 3.8) is 0 Å². The van der Waals surface area contributed by atoms with Gasteiger partial charge in [0.05, 0.1) is 23.7 Å². The fraction of sp³-hybridized carbons (Fsp3) is 0.862. The Kier molecular flexibility index (Phi) is 10.1. The zero-order valence-electron chi connectivity index (χ0n) is 26.5. The predicted molar refractivity (Wildman–Crippen MR) is 161 cm³/mol. The Labute approximate surface area is 254 Å². The first kappa shape index (κ1) is 33.2. The maximum absolute atomic E-state index is 13.9. The number of hydrazine groups is 1. The van der Waals surface area contributed by atoms with Crippen LogP contribution in [0.5, 0.6) is 0 Å². The summed E-state index contributed by atoms with van der Waals surface area (Å²) in [4.78, 5) is 55.6. The van der Waals surface area contributed by atoms with Crippen molar-refractivity contribution in [2.75, 3.05) is 13.1 Å². The summed E-state index contributed by atoms with van der Waals surface area (Å²) in [5.74, 6) is -0.710. The number of nitrogens with one attached hydrogen (secondary N) is 2. The van der Waals surface area contributed by atoms with E-state index < -0.39 is 35.7 Å². The number of carbonyl (C=O) groups is 3. The smallest absolute Gasteiger partial charge is 0.404 e. The highest BCUT2D eigenvalue weighted by Crippen LogP contribution is 2.65. The summed E-state index contributed by atoms with van der Waals surface area (Å²) in [6.45, 7) is 13.1. The van der Waals surface area contributed by atoms with Gasteiger partial charge in [-0.05, 0) is 75.0 Å². The van der Waals surface area contributed by atoms with Crippen molar-refractivity contribution in [2.45, 2.75) is 117 Å². The highest BCUT2D eigenvalue weighted by atomic mass is 16.7. The lowest BCUT2D eigenvalue weighted by Gasteiger charge is -2.64. The first-order valence-corrected chi connectivity index (χ1v) is 15.8. The largest absolute Gasteiger partial charge is 0.481 e. The van der Waals surface area contributed by atoms with E-state index in [2.05, 4.69) is 44.9 Å². The van der Waals surface area contributed by atoms with Crippen molar-refractivity contribution in [1.29, 1.82) is 0 Å². The monoisotopic (exact) mass is 604 g/mol. The van der Waals surface area contributed by atoms with Crippen LogP contribution in [-0.2, 0) is 23.7 Å². The lowest BCUT2D eigenvalue weighted by Crippen LogP contribution is -2.65. The van der Waals surface area contributed by atoms with E-state index in [1.165, 1.54) is 6.92 Å². The van der Waals surface area contributed by atoms with Crippen molar-refractivity contribution in [2.24, 2.45) is 39.8 Å². The molecule has 2 heterocycles.